The summed E-state index contributed by atoms with van der Waals surface area (Å²) < 4.78 is 23.6. The molecular formula is C55H50N8O9S3. The number of hydrogen-bond acceptors (Lipinski definition) is 17. The molecule has 1 saturated heterocycles. The molecule has 5 aromatic carbocycles. The molecule has 0 radical (unpaired) electrons. The number of thiazole rings is 1. The van der Waals surface area contributed by atoms with Gasteiger partial charge < -0.3 is 34.4 Å². The van der Waals surface area contributed by atoms with E-state index in [0.717, 1.165) is 39.6 Å². The maximum Gasteiger partial charge on any atom is 0.376 e. The number of allylic oxidation sites excluding steroid dienone is 1. The quantitative estimate of drug-likeness (QED) is 0.0133. The smallest absolute Gasteiger partial charge is 0.376 e. The maximum absolute atomic E-state index is 14.8. The van der Waals surface area contributed by atoms with Crippen molar-refractivity contribution >= 4 is 69.5 Å². The van der Waals surface area contributed by atoms with Crippen LogP contribution in [0.5, 0.6) is 0 Å². The normalized spacial score (nSPS) is 15.7. The Labute approximate surface area is 445 Å². The second-order valence-electron chi connectivity index (χ2n) is 16.7. The fourth-order valence-electron chi connectivity index (χ4n) is 8.75. The number of rotatable bonds is 21. The van der Waals surface area contributed by atoms with Crippen LogP contribution in [0.4, 0.5) is 5.13 Å². The van der Waals surface area contributed by atoms with E-state index in [9.17, 15) is 19.2 Å². The van der Waals surface area contributed by atoms with Crippen LogP contribution in [0, 0.1) is 0 Å². The molecule has 4 heterocycles. The summed E-state index contributed by atoms with van der Waals surface area (Å²) in [7, 11) is 5.49. The lowest BCUT2D eigenvalue weighted by Crippen LogP contribution is -2.71. The van der Waals surface area contributed by atoms with Crippen molar-refractivity contribution in [3.63, 3.8) is 0 Å². The highest BCUT2D eigenvalue weighted by Gasteiger charge is 2.55. The van der Waals surface area contributed by atoms with Gasteiger partial charge in [0.05, 0.1) is 13.7 Å². The number of anilines is 1. The molecule has 382 valence electrons. The van der Waals surface area contributed by atoms with Crippen LogP contribution in [0.15, 0.2) is 190 Å². The minimum Gasteiger partial charge on any atom is -0.463 e. The van der Waals surface area contributed by atoms with Gasteiger partial charge >= 0.3 is 11.9 Å². The van der Waals surface area contributed by atoms with Gasteiger partial charge in [-0.05, 0) is 44.9 Å². The zero-order valence-corrected chi connectivity index (χ0v) is 43.4. The fraction of sp³-hybridized carbons (Fsp3) is 0.200. The second-order valence-corrected chi connectivity index (χ2v) is 19.5. The lowest BCUT2D eigenvalue weighted by Gasteiger charge is -2.49. The molecule has 0 bridgehead atoms. The first-order chi connectivity index (χ1) is 36.7. The summed E-state index contributed by atoms with van der Waals surface area (Å²) in [6.07, 6.45) is 0.110. The number of aromatic nitrogens is 4. The molecule has 2 aromatic heterocycles. The number of ether oxygens (including phenoxy) is 4. The lowest BCUT2D eigenvalue weighted by atomic mass is 9.77. The number of esters is 2. The van der Waals surface area contributed by atoms with Gasteiger partial charge in [0.1, 0.15) is 35.5 Å². The first-order valence-electron chi connectivity index (χ1n) is 23.4. The standard InChI is InChI=1S/C55H50N8O9S3/c1-68-42(69-2)32-62-47(52(67)70-3)59-60-54(62)73-31-30-37-33-74-50-44(49(65)63(50)45(37)51(66)72-46(35-20-10-5-11-21-35)36-22-12-6-13-23-36)57-48(64)43(61-71-4)41-34-75-53(56-41)58-55(38-24-14-7-15-25-38,39-26-16-8-17-27-39)40-28-18-9-19-29-40/h5-31,34,42,44,46,50H,32-33H2,1-4H3,(H,56,58)(H,57,64)/b31-30+,61-43+. The van der Waals surface area contributed by atoms with Gasteiger partial charge in [-0.1, -0.05) is 169 Å². The minimum atomic E-state index is -1.07. The number of carbonyl (C=O) groups excluding carboxylic acids is 4. The van der Waals surface area contributed by atoms with Crippen molar-refractivity contribution in [3.05, 3.63) is 219 Å². The molecule has 0 saturated carbocycles. The zero-order valence-electron chi connectivity index (χ0n) is 41.0. The number of fused-ring (bicyclic) bond motifs is 1. The fourth-order valence-corrected chi connectivity index (χ4v) is 11.5. The highest BCUT2D eigenvalue weighted by atomic mass is 32.2. The van der Waals surface area contributed by atoms with E-state index in [-0.39, 0.29) is 35.2 Å². The Morgan fingerprint density at radius 2 is 1.35 bits per heavy atom. The minimum absolute atomic E-state index is 0.00163. The largest absolute Gasteiger partial charge is 0.463 e. The van der Waals surface area contributed by atoms with E-state index in [4.69, 9.17) is 28.8 Å². The van der Waals surface area contributed by atoms with E-state index in [2.05, 4.69) is 62.4 Å². The van der Waals surface area contributed by atoms with Gasteiger partial charge in [-0.3, -0.25) is 19.1 Å². The Morgan fingerprint density at radius 1 is 0.787 bits per heavy atom. The molecule has 2 N–H and O–H groups in total. The first-order valence-corrected chi connectivity index (χ1v) is 26.2. The van der Waals surface area contributed by atoms with Crippen molar-refractivity contribution < 1.29 is 43.0 Å². The van der Waals surface area contributed by atoms with Crippen molar-refractivity contribution in [1.29, 1.82) is 0 Å². The molecule has 2 amide bonds. The molecule has 2 aliphatic rings. The van der Waals surface area contributed by atoms with Gasteiger partial charge in [-0.2, -0.15) is 0 Å². The molecule has 1 fully saturated rings. The average molecular weight is 1060 g/mol. The first kappa shape index (κ1) is 52.0. The molecular weight excluding hydrogens is 1010 g/mol. The summed E-state index contributed by atoms with van der Waals surface area (Å²) in [5.74, 6) is -2.58. The third-order valence-corrected chi connectivity index (χ3v) is 15.2. The van der Waals surface area contributed by atoms with Gasteiger partial charge in [0.2, 0.25) is 5.82 Å². The molecule has 0 spiro atoms. The van der Waals surface area contributed by atoms with Crippen LogP contribution in [0.1, 0.15) is 50.2 Å². The van der Waals surface area contributed by atoms with Gasteiger partial charge in [-0.25, -0.2) is 14.6 Å². The Kier molecular flexibility index (Phi) is 16.6. The number of amides is 2. The summed E-state index contributed by atoms with van der Waals surface area (Å²) in [6.45, 7) is 0.0585. The van der Waals surface area contributed by atoms with Crippen molar-refractivity contribution in [2.24, 2.45) is 5.16 Å². The number of benzene rings is 5. The number of nitrogens with zero attached hydrogens (tertiary/aromatic N) is 6. The van der Waals surface area contributed by atoms with Crippen LogP contribution in [-0.2, 0) is 50.3 Å². The van der Waals surface area contributed by atoms with E-state index in [1.54, 1.807) is 16.9 Å². The van der Waals surface area contributed by atoms with Crippen molar-refractivity contribution in [2.75, 3.05) is 39.5 Å². The second kappa shape index (κ2) is 24.0. The summed E-state index contributed by atoms with van der Waals surface area (Å²) >= 11 is 3.74. The van der Waals surface area contributed by atoms with Crippen molar-refractivity contribution in [2.45, 2.75) is 41.0 Å². The van der Waals surface area contributed by atoms with Crippen LogP contribution in [-0.4, -0.2) is 106 Å². The number of β-lactam (4-membered cyclic amide) rings is 1. The summed E-state index contributed by atoms with van der Waals surface area (Å²) in [6, 6.07) is 47.6. The van der Waals surface area contributed by atoms with E-state index in [1.807, 2.05) is 115 Å². The SMILES string of the molecule is CO/N=C(/C(=O)NC1C(=O)N2C(C(=O)OC(c3ccccc3)c3ccccc3)=C(/C=C/Sc3nnc(C(=O)OC)n3CC(OC)OC)CSC12)c1csc(NC(c2ccccc2)(c2ccccc2)c2ccccc2)n1. The molecule has 17 nitrogen and oxygen atoms in total. The summed E-state index contributed by atoms with van der Waals surface area (Å²) in [5.41, 5.74) is 3.93. The van der Waals surface area contributed by atoms with Crippen LogP contribution in [0.2, 0.25) is 0 Å². The lowest BCUT2D eigenvalue weighted by molar-refractivity contribution is -0.154. The maximum atomic E-state index is 14.8. The molecule has 2 atom stereocenters. The van der Waals surface area contributed by atoms with Gasteiger partial charge in [0.15, 0.2) is 28.4 Å². The zero-order chi connectivity index (χ0) is 52.3. The van der Waals surface area contributed by atoms with Crippen LogP contribution in [0.25, 0.3) is 0 Å². The Hall–Kier alpha value is -7.88. The Balaban J connectivity index is 1.00. The number of methoxy groups -OCH3 is 3. The van der Waals surface area contributed by atoms with Gasteiger partial charge in [0.25, 0.3) is 11.8 Å². The third-order valence-electron chi connectivity index (χ3n) is 12.4. The summed E-state index contributed by atoms with van der Waals surface area (Å²) in [5, 5.41) is 22.4. The van der Waals surface area contributed by atoms with Gasteiger partial charge in [-0.15, -0.1) is 33.3 Å². The van der Waals surface area contributed by atoms with E-state index in [1.165, 1.54) is 61.0 Å². The topological polar surface area (TPSA) is 198 Å². The Bertz CT molecular complexity index is 3070. The predicted octanol–water partition coefficient (Wildman–Crippen LogP) is 8.19. The Morgan fingerprint density at radius 3 is 1.88 bits per heavy atom. The molecule has 75 heavy (non-hydrogen) atoms. The summed E-state index contributed by atoms with van der Waals surface area (Å²) in [4.78, 5) is 67.8. The van der Waals surface area contributed by atoms with E-state index < -0.39 is 53.1 Å². The third kappa shape index (κ3) is 11.0. The monoisotopic (exact) mass is 1060 g/mol. The molecule has 20 heteroatoms. The molecule has 2 unspecified atom stereocenters. The van der Waals surface area contributed by atoms with Crippen molar-refractivity contribution in [1.82, 2.24) is 30.0 Å². The van der Waals surface area contributed by atoms with Gasteiger partial charge in [0, 0.05) is 25.4 Å². The average Bonchev–Trinajstić information content (AvgIpc) is 4.10. The number of hydrogen-bond donors (Lipinski definition) is 2. The molecule has 7 aromatic rings. The van der Waals surface area contributed by atoms with E-state index in [0.29, 0.717) is 15.9 Å². The number of thioether (sulfide) groups is 2. The number of nitrogens with one attached hydrogen (secondary N) is 2. The number of carbonyl (C=O) groups is 4. The van der Waals surface area contributed by atoms with Crippen LogP contribution in [0.3, 0.4) is 0 Å². The highest BCUT2D eigenvalue weighted by molar-refractivity contribution is 8.02. The van der Waals surface area contributed by atoms with Crippen molar-refractivity contribution in [3.8, 4) is 0 Å². The predicted molar refractivity (Wildman–Crippen MR) is 286 cm³/mol. The molecule has 2 aliphatic heterocycles. The number of oxime groups is 1. The highest BCUT2D eigenvalue weighted by Crippen LogP contribution is 2.43. The molecule has 0 aliphatic carbocycles. The molecule has 9 rings (SSSR count). The van der Waals surface area contributed by atoms with E-state index >= 15 is 0 Å². The van der Waals surface area contributed by atoms with Crippen LogP contribution >= 0.6 is 34.9 Å². The van der Waals surface area contributed by atoms with Crippen LogP contribution < -0.4 is 10.6 Å².